The van der Waals surface area contributed by atoms with E-state index in [-0.39, 0.29) is 5.91 Å². The van der Waals surface area contributed by atoms with Gasteiger partial charge in [-0.15, -0.1) is 11.3 Å². The molecule has 0 aliphatic rings. The number of nitrogens with two attached hydrogens (primary N) is 1. The fourth-order valence-corrected chi connectivity index (χ4v) is 2.78. The minimum atomic E-state index is -0.407. The lowest BCUT2D eigenvalue weighted by Gasteiger charge is -2.21. The molecule has 3 nitrogen and oxygen atoms in total. The van der Waals surface area contributed by atoms with Crippen molar-refractivity contribution in [2.75, 3.05) is 7.05 Å². The first-order chi connectivity index (χ1) is 7.90. The third-order valence-electron chi connectivity index (χ3n) is 2.44. The topological polar surface area (TPSA) is 46.3 Å². The maximum Gasteiger partial charge on any atom is 0.239 e. The number of carbonyl (C=O) groups is 1. The van der Waals surface area contributed by atoms with Crippen LogP contribution in [0.3, 0.4) is 0 Å². The van der Waals surface area contributed by atoms with E-state index in [1.807, 2.05) is 12.1 Å². The smallest absolute Gasteiger partial charge is 0.239 e. The number of rotatable bonds is 5. The number of halogens is 1. The summed E-state index contributed by atoms with van der Waals surface area (Å²) in [6.45, 7) is 4.69. The molecule has 0 bridgehead atoms. The molecular weight excluding hydrogens is 256 g/mol. The lowest BCUT2D eigenvalue weighted by Crippen LogP contribution is -2.42. The van der Waals surface area contributed by atoms with Gasteiger partial charge in [-0.1, -0.05) is 25.4 Å². The van der Waals surface area contributed by atoms with E-state index in [2.05, 4.69) is 13.8 Å². The molecule has 5 heteroatoms. The molecular formula is C12H19ClN2OS. The van der Waals surface area contributed by atoms with Gasteiger partial charge in [0, 0.05) is 11.9 Å². The van der Waals surface area contributed by atoms with E-state index in [1.165, 1.54) is 11.3 Å². The molecule has 2 N–H and O–H groups in total. The second-order valence-electron chi connectivity index (χ2n) is 4.64. The Kier molecular flexibility index (Phi) is 5.43. The van der Waals surface area contributed by atoms with Gasteiger partial charge in [0.25, 0.3) is 0 Å². The van der Waals surface area contributed by atoms with Crippen LogP contribution in [0.15, 0.2) is 12.1 Å². The Morgan fingerprint density at radius 3 is 2.65 bits per heavy atom. The zero-order valence-corrected chi connectivity index (χ0v) is 12.0. The molecule has 0 unspecified atom stereocenters. The Balaban J connectivity index is 2.52. The van der Waals surface area contributed by atoms with Crippen molar-refractivity contribution in [1.29, 1.82) is 0 Å². The van der Waals surface area contributed by atoms with Crippen molar-refractivity contribution < 1.29 is 4.79 Å². The van der Waals surface area contributed by atoms with Crippen molar-refractivity contribution >= 4 is 28.8 Å². The standard InChI is InChI=1S/C12H19ClN2OS/c1-8(2)6-10(14)12(16)15(3)7-9-4-5-11(13)17-9/h4-5,8,10H,6-7,14H2,1-3H3/t10-/m0/s1. The first-order valence-electron chi connectivity index (χ1n) is 5.65. The number of carbonyl (C=O) groups excluding carboxylic acids is 1. The van der Waals surface area contributed by atoms with Gasteiger partial charge in [0.1, 0.15) is 0 Å². The van der Waals surface area contributed by atoms with E-state index >= 15 is 0 Å². The Morgan fingerprint density at radius 1 is 1.53 bits per heavy atom. The van der Waals surface area contributed by atoms with E-state index < -0.39 is 6.04 Å². The van der Waals surface area contributed by atoms with Gasteiger partial charge in [-0.05, 0) is 24.5 Å². The zero-order valence-electron chi connectivity index (χ0n) is 10.4. The second-order valence-corrected chi connectivity index (χ2v) is 6.44. The van der Waals surface area contributed by atoms with Crippen molar-refractivity contribution in [1.82, 2.24) is 4.90 Å². The van der Waals surface area contributed by atoms with Crippen LogP contribution in [0.1, 0.15) is 25.1 Å². The fraction of sp³-hybridized carbons (Fsp3) is 0.583. The first-order valence-corrected chi connectivity index (χ1v) is 6.84. The molecule has 1 aromatic heterocycles. The van der Waals surface area contributed by atoms with Crippen LogP contribution in [0, 0.1) is 5.92 Å². The van der Waals surface area contributed by atoms with E-state index in [0.29, 0.717) is 18.9 Å². The van der Waals surface area contributed by atoms with Crippen molar-refractivity contribution in [2.24, 2.45) is 11.7 Å². The highest BCUT2D eigenvalue weighted by molar-refractivity contribution is 7.16. The minimum Gasteiger partial charge on any atom is -0.339 e. The molecule has 1 aromatic rings. The molecule has 17 heavy (non-hydrogen) atoms. The third kappa shape index (κ3) is 4.66. The summed E-state index contributed by atoms with van der Waals surface area (Å²) in [7, 11) is 1.77. The maximum absolute atomic E-state index is 12.0. The summed E-state index contributed by atoms with van der Waals surface area (Å²) >= 11 is 7.34. The SMILES string of the molecule is CC(C)C[C@H](N)C(=O)N(C)Cc1ccc(Cl)s1. The van der Waals surface area contributed by atoms with Crippen LogP contribution in [0.2, 0.25) is 4.34 Å². The van der Waals surface area contributed by atoms with Gasteiger partial charge in [-0.3, -0.25) is 4.79 Å². The molecule has 96 valence electrons. The van der Waals surface area contributed by atoms with Crippen molar-refractivity contribution in [2.45, 2.75) is 32.9 Å². The van der Waals surface area contributed by atoms with E-state index in [9.17, 15) is 4.79 Å². The van der Waals surface area contributed by atoms with Gasteiger partial charge >= 0.3 is 0 Å². The third-order valence-corrected chi connectivity index (χ3v) is 3.66. The molecule has 0 saturated carbocycles. The lowest BCUT2D eigenvalue weighted by molar-refractivity contribution is -0.132. The van der Waals surface area contributed by atoms with Crippen LogP contribution in [-0.4, -0.2) is 23.9 Å². The average Bonchev–Trinajstić information content (AvgIpc) is 2.61. The number of nitrogens with zero attached hydrogens (tertiary/aromatic N) is 1. The van der Waals surface area contributed by atoms with E-state index in [0.717, 1.165) is 9.21 Å². The summed E-state index contributed by atoms with van der Waals surface area (Å²) in [6.07, 6.45) is 0.717. The molecule has 1 atom stereocenters. The Hall–Kier alpha value is -0.580. The van der Waals surface area contributed by atoms with Crippen LogP contribution >= 0.6 is 22.9 Å². The number of likely N-dealkylation sites (N-methyl/N-ethyl adjacent to an activating group) is 1. The highest BCUT2D eigenvalue weighted by atomic mass is 35.5. The number of amides is 1. The number of hydrogen-bond acceptors (Lipinski definition) is 3. The minimum absolute atomic E-state index is 0.0109. The van der Waals surface area contributed by atoms with Crippen LogP contribution in [0.5, 0.6) is 0 Å². The molecule has 0 saturated heterocycles. The molecule has 0 spiro atoms. The lowest BCUT2D eigenvalue weighted by atomic mass is 10.0. The highest BCUT2D eigenvalue weighted by Crippen LogP contribution is 2.22. The normalized spacial score (nSPS) is 12.8. The summed E-state index contributed by atoms with van der Waals surface area (Å²) in [5, 5.41) is 0. The summed E-state index contributed by atoms with van der Waals surface area (Å²) in [5.74, 6) is 0.418. The molecule has 0 aliphatic heterocycles. The monoisotopic (exact) mass is 274 g/mol. The van der Waals surface area contributed by atoms with Gasteiger partial charge in [0.15, 0.2) is 0 Å². The number of hydrogen-bond donors (Lipinski definition) is 1. The molecule has 1 amide bonds. The second kappa shape index (κ2) is 6.38. The predicted octanol–water partition coefficient (Wildman–Crippen LogP) is 2.73. The first kappa shape index (κ1) is 14.5. The molecule has 0 radical (unpaired) electrons. The summed E-state index contributed by atoms with van der Waals surface area (Å²) in [4.78, 5) is 14.7. The van der Waals surface area contributed by atoms with Crippen molar-refractivity contribution in [3.8, 4) is 0 Å². The predicted molar refractivity (Wildman–Crippen MR) is 73.2 cm³/mol. The maximum atomic E-state index is 12.0. The van der Waals surface area contributed by atoms with Gasteiger partial charge in [-0.2, -0.15) is 0 Å². The van der Waals surface area contributed by atoms with Gasteiger partial charge in [-0.25, -0.2) is 0 Å². The fourth-order valence-electron chi connectivity index (χ4n) is 1.64. The van der Waals surface area contributed by atoms with Crippen molar-refractivity contribution in [3.05, 3.63) is 21.3 Å². The van der Waals surface area contributed by atoms with E-state index in [4.69, 9.17) is 17.3 Å². The van der Waals surface area contributed by atoms with E-state index in [1.54, 1.807) is 11.9 Å². The number of thiophene rings is 1. The molecule has 0 aromatic carbocycles. The zero-order chi connectivity index (χ0) is 13.0. The van der Waals surface area contributed by atoms with Crippen LogP contribution in [0.4, 0.5) is 0 Å². The quantitative estimate of drug-likeness (QED) is 0.897. The molecule has 0 fully saturated rings. The Labute approximate surface area is 112 Å². The molecule has 0 aliphatic carbocycles. The summed E-state index contributed by atoms with van der Waals surface area (Å²) in [5.41, 5.74) is 5.86. The van der Waals surface area contributed by atoms with Crippen LogP contribution < -0.4 is 5.73 Å². The van der Waals surface area contributed by atoms with Gasteiger partial charge in [0.05, 0.1) is 16.9 Å². The van der Waals surface area contributed by atoms with Crippen molar-refractivity contribution in [3.63, 3.8) is 0 Å². The average molecular weight is 275 g/mol. The largest absolute Gasteiger partial charge is 0.339 e. The summed E-state index contributed by atoms with van der Waals surface area (Å²) < 4.78 is 0.743. The highest BCUT2D eigenvalue weighted by Gasteiger charge is 2.19. The molecule has 1 rings (SSSR count). The van der Waals surface area contributed by atoms with Gasteiger partial charge in [0.2, 0.25) is 5.91 Å². The van der Waals surface area contributed by atoms with Crippen LogP contribution in [0.25, 0.3) is 0 Å². The Morgan fingerprint density at radius 2 is 2.18 bits per heavy atom. The van der Waals surface area contributed by atoms with Crippen LogP contribution in [-0.2, 0) is 11.3 Å². The summed E-state index contributed by atoms with van der Waals surface area (Å²) in [6, 6.07) is 3.37. The van der Waals surface area contributed by atoms with Gasteiger partial charge < -0.3 is 10.6 Å². The molecule has 1 heterocycles. The Bertz CT molecular complexity index is 378.